The van der Waals surface area contributed by atoms with E-state index in [9.17, 15) is 19.2 Å². The number of hydrogen-bond donors (Lipinski definition) is 1. The summed E-state index contributed by atoms with van der Waals surface area (Å²) in [5.41, 5.74) is -0.871. The van der Waals surface area contributed by atoms with Crippen LogP contribution in [0.2, 0.25) is 0 Å². The number of carbonyl (C=O) groups excluding carboxylic acids is 4. The van der Waals surface area contributed by atoms with Gasteiger partial charge in [-0.25, -0.2) is 4.79 Å². The van der Waals surface area contributed by atoms with Crippen LogP contribution in [0.3, 0.4) is 0 Å². The Balaban J connectivity index is 1.83. The summed E-state index contributed by atoms with van der Waals surface area (Å²) in [6.07, 6.45) is 2.88. The van der Waals surface area contributed by atoms with Gasteiger partial charge in [0.05, 0.1) is 13.2 Å². The minimum absolute atomic E-state index is 0.339. The molecule has 0 aromatic carbocycles. The second-order valence-electron chi connectivity index (χ2n) is 6.64. The number of imide groups is 1. The van der Waals surface area contributed by atoms with Crippen molar-refractivity contribution in [2.75, 3.05) is 53.7 Å². The van der Waals surface area contributed by atoms with Gasteiger partial charge in [-0.2, -0.15) is 0 Å². The van der Waals surface area contributed by atoms with E-state index in [1.54, 1.807) is 0 Å². The summed E-state index contributed by atoms with van der Waals surface area (Å²) in [5.74, 6) is -1.60. The van der Waals surface area contributed by atoms with E-state index in [1.165, 1.54) is 19.1 Å². The van der Waals surface area contributed by atoms with Crippen molar-refractivity contribution in [2.24, 2.45) is 0 Å². The summed E-state index contributed by atoms with van der Waals surface area (Å²) in [6.45, 7) is 0.385. The molecule has 0 radical (unpaired) electrons. The lowest BCUT2D eigenvalue weighted by molar-refractivity contribution is -0.154. The summed E-state index contributed by atoms with van der Waals surface area (Å²) >= 11 is 0. The number of nitrogens with zero attached hydrogens (tertiary/aromatic N) is 2. The number of nitrogens with one attached hydrogen (secondary N) is 1. The average Bonchev–Trinajstić information content (AvgIpc) is 3.21. The molecule has 2 rings (SSSR count). The van der Waals surface area contributed by atoms with Crippen LogP contribution >= 0.6 is 0 Å². The zero-order chi connectivity index (χ0) is 19.9. The molecule has 152 valence electrons. The number of hydrogen-bond acceptors (Lipinski definition) is 7. The second kappa shape index (κ2) is 9.65. The molecule has 0 atom stereocenters. The molecule has 1 saturated carbocycles. The van der Waals surface area contributed by atoms with Crippen molar-refractivity contribution in [3.05, 3.63) is 0 Å². The molecule has 2 aliphatic rings. The van der Waals surface area contributed by atoms with Crippen molar-refractivity contribution in [3.63, 3.8) is 0 Å². The van der Waals surface area contributed by atoms with Crippen molar-refractivity contribution in [1.29, 1.82) is 0 Å². The highest BCUT2D eigenvalue weighted by Crippen LogP contribution is 2.34. The van der Waals surface area contributed by atoms with Gasteiger partial charge in [-0.1, -0.05) is 12.8 Å². The molecule has 10 nitrogen and oxygen atoms in total. The molecule has 4 amide bonds. The molecular weight excluding hydrogens is 358 g/mol. The van der Waals surface area contributed by atoms with Crippen molar-refractivity contribution >= 4 is 23.8 Å². The summed E-state index contributed by atoms with van der Waals surface area (Å²) in [4.78, 5) is 51.1. The Morgan fingerprint density at radius 2 is 1.70 bits per heavy atom. The summed E-state index contributed by atoms with van der Waals surface area (Å²) < 4.78 is 14.9. The molecular formula is C17H27N3O7. The van der Waals surface area contributed by atoms with Crippen LogP contribution in [0.25, 0.3) is 0 Å². The molecule has 1 heterocycles. The third-order valence-electron chi connectivity index (χ3n) is 4.83. The molecule has 0 unspecified atom stereocenters. The zero-order valence-corrected chi connectivity index (χ0v) is 15.8. The van der Waals surface area contributed by atoms with E-state index >= 15 is 0 Å². The van der Waals surface area contributed by atoms with Crippen LogP contribution in [-0.2, 0) is 28.6 Å². The topological polar surface area (TPSA) is 114 Å². The normalized spacial score (nSPS) is 18.1. The Bertz CT molecular complexity index is 567. The Morgan fingerprint density at radius 1 is 1.11 bits per heavy atom. The number of esters is 1. The van der Waals surface area contributed by atoms with Gasteiger partial charge in [0.25, 0.3) is 11.8 Å². The molecule has 27 heavy (non-hydrogen) atoms. The van der Waals surface area contributed by atoms with Crippen molar-refractivity contribution in [1.82, 2.24) is 15.1 Å². The summed E-state index contributed by atoms with van der Waals surface area (Å²) in [5, 5.41) is 2.69. The molecule has 1 aliphatic heterocycles. The molecule has 1 spiro atoms. The summed E-state index contributed by atoms with van der Waals surface area (Å²) in [6, 6.07) is -0.591. The predicted octanol–water partition coefficient (Wildman–Crippen LogP) is -0.484. The lowest BCUT2D eigenvalue weighted by atomic mass is 9.98. The Kier molecular flexibility index (Phi) is 7.55. The molecule has 1 saturated heterocycles. The SMILES string of the molecule is COCCN(CCOC)C(=O)COC(=O)CN1C(=O)NC2(CCCC2)C1=O. The van der Waals surface area contributed by atoms with Gasteiger partial charge in [-0.15, -0.1) is 0 Å². The van der Waals surface area contributed by atoms with E-state index in [4.69, 9.17) is 14.2 Å². The maximum atomic E-state index is 12.5. The highest BCUT2D eigenvalue weighted by Gasteiger charge is 2.52. The zero-order valence-electron chi connectivity index (χ0n) is 15.8. The van der Waals surface area contributed by atoms with E-state index in [1.807, 2.05) is 0 Å². The van der Waals surface area contributed by atoms with Gasteiger partial charge in [0.1, 0.15) is 12.1 Å². The minimum Gasteiger partial charge on any atom is -0.454 e. The van der Waals surface area contributed by atoms with E-state index in [-0.39, 0.29) is 0 Å². The first-order valence-electron chi connectivity index (χ1n) is 8.99. The molecule has 0 aromatic heterocycles. The number of carbonyl (C=O) groups is 4. The van der Waals surface area contributed by atoms with E-state index in [0.717, 1.165) is 17.7 Å². The molecule has 1 aliphatic carbocycles. The van der Waals surface area contributed by atoms with Crippen LogP contribution in [0.5, 0.6) is 0 Å². The first kappa shape index (κ1) is 21.1. The van der Waals surface area contributed by atoms with E-state index in [2.05, 4.69) is 5.32 Å². The number of amides is 4. The molecule has 10 heteroatoms. The van der Waals surface area contributed by atoms with Crippen LogP contribution in [-0.4, -0.2) is 92.8 Å². The fourth-order valence-electron chi connectivity index (χ4n) is 3.31. The van der Waals surface area contributed by atoms with E-state index < -0.39 is 42.5 Å². The largest absolute Gasteiger partial charge is 0.454 e. The maximum Gasteiger partial charge on any atom is 0.326 e. The van der Waals surface area contributed by atoms with Crippen molar-refractivity contribution in [2.45, 2.75) is 31.2 Å². The van der Waals surface area contributed by atoms with Gasteiger partial charge >= 0.3 is 12.0 Å². The van der Waals surface area contributed by atoms with Crippen molar-refractivity contribution < 1.29 is 33.4 Å². The van der Waals surface area contributed by atoms with Gasteiger partial charge in [-0.05, 0) is 12.8 Å². The first-order chi connectivity index (χ1) is 12.9. The third-order valence-corrected chi connectivity index (χ3v) is 4.83. The van der Waals surface area contributed by atoms with Gasteiger partial charge in [-0.3, -0.25) is 19.3 Å². The Hall–Kier alpha value is -2.20. The standard InChI is InChI=1S/C17H27N3O7/c1-25-9-7-19(8-10-26-2)13(21)12-27-14(22)11-20-15(23)17(18-16(20)24)5-3-4-6-17/h3-12H2,1-2H3,(H,18,24). The van der Waals surface area contributed by atoms with Gasteiger partial charge in [0.15, 0.2) is 6.61 Å². The Morgan fingerprint density at radius 3 is 2.26 bits per heavy atom. The quantitative estimate of drug-likeness (QED) is 0.399. The van der Waals surface area contributed by atoms with Crippen molar-refractivity contribution in [3.8, 4) is 0 Å². The maximum absolute atomic E-state index is 12.5. The van der Waals surface area contributed by atoms with Crippen LogP contribution in [0, 0.1) is 0 Å². The van der Waals surface area contributed by atoms with E-state index in [0.29, 0.717) is 39.1 Å². The second-order valence-corrected chi connectivity index (χ2v) is 6.64. The van der Waals surface area contributed by atoms with Crippen LogP contribution < -0.4 is 5.32 Å². The predicted molar refractivity (Wildman–Crippen MR) is 92.7 cm³/mol. The van der Waals surface area contributed by atoms with Crippen LogP contribution in [0.15, 0.2) is 0 Å². The third kappa shape index (κ3) is 5.16. The minimum atomic E-state index is -0.871. The highest BCUT2D eigenvalue weighted by molar-refractivity contribution is 6.08. The van der Waals surface area contributed by atoms with Gasteiger partial charge < -0.3 is 24.4 Å². The van der Waals surface area contributed by atoms with Crippen LogP contribution in [0.1, 0.15) is 25.7 Å². The monoisotopic (exact) mass is 385 g/mol. The number of rotatable bonds is 10. The highest BCUT2D eigenvalue weighted by atomic mass is 16.5. The molecule has 2 fully saturated rings. The fourth-order valence-corrected chi connectivity index (χ4v) is 3.31. The fraction of sp³-hybridized carbons (Fsp3) is 0.765. The number of ether oxygens (including phenoxy) is 3. The molecule has 0 aromatic rings. The number of methoxy groups -OCH3 is 2. The Labute approximate surface area is 158 Å². The van der Waals surface area contributed by atoms with Gasteiger partial charge in [0, 0.05) is 27.3 Å². The summed E-state index contributed by atoms with van der Waals surface area (Å²) in [7, 11) is 3.04. The van der Waals surface area contributed by atoms with Gasteiger partial charge in [0.2, 0.25) is 0 Å². The number of urea groups is 1. The smallest absolute Gasteiger partial charge is 0.326 e. The molecule has 1 N–H and O–H groups in total. The first-order valence-corrected chi connectivity index (χ1v) is 8.99. The average molecular weight is 385 g/mol. The van der Waals surface area contributed by atoms with Crippen LogP contribution in [0.4, 0.5) is 4.79 Å². The molecule has 0 bridgehead atoms. The lowest BCUT2D eigenvalue weighted by Gasteiger charge is -2.22. The lowest BCUT2D eigenvalue weighted by Crippen LogP contribution is -2.44.